The first-order chi connectivity index (χ1) is 6.79. The van der Waals surface area contributed by atoms with Gasteiger partial charge in [-0.05, 0) is 19.1 Å². The first-order valence-electron chi connectivity index (χ1n) is 4.22. The van der Waals surface area contributed by atoms with E-state index in [2.05, 4.69) is 0 Å². The summed E-state index contributed by atoms with van der Waals surface area (Å²) in [6.07, 6.45) is 0.372. The van der Waals surface area contributed by atoms with Crippen molar-refractivity contribution in [3.8, 4) is 5.75 Å². The summed E-state index contributed by atoms with van der Waals surface area (Å²) in [7, 11) is -3.44. The van der Waals surface area contributed by atoms with E-state index in [1.807, 2.05) is 0 Å². The van der Waals surface area contributed by atoms with Crippen molar-refractivity contribution in [1.29, 1.82) is 0 Å². The molecule has 1 rings (SSSR count). The van der Waals surface area contributed by atoms with E-state index in [0.717, 1.165) is 18.4 Å². The fraction of sp³-hybridized carbons (Fsp3) is 0.333. The molecular weight excluding hydrogens is 221 g/mol. The maximum absolute atomic E-state index is 13.0. The summed E-state index contributed by atoms with van der Waals surface area (Å²) in [5.41, 5.74) is 5.34. The third-order valence-electron chi connectivity index (χ3n) is 1.59. The highest BCUT2D eigenvalue weighted by Crippen LogP contribution is 2.20. The van der Waals surface area contributed by atoms with Gasteiger partial charge in [-0.15, -0.1) is 0 Å². The molecule has 0 aliphatic carbocycles. The molecule has 0 saturated carbocycles. The van der Waals surface area contributed by atoms with Gasteiger partial charge in [0.25, 0.3) is 0 Å². The van der Waals surface area contributed by atoms with Gasteiger partial charge in [-0.1, -0.05) is 0 Å². The van der Waals surface area contributed by atoms with Crippen LogP contribution in [-0.2, 0) is 9.84 Å². The molecular formula is C9H12FNO3S. The predicted octanol–water partition coefficient (Wildman–Crippen LogP) is 0.913. The number of benzene rings is 1. The summed E-state index contributed by atoms with van der Waals surface area (Å²) in [5, 5.41) is 0. The number of hydrogen-bond acceptors (Lipinski definition) is 4. The Morgan fingerprint density at radius 1 is 1.40 bits per heavy atom. The van der Waals surface area contributed by atoms with E-state index in [1.54, 1.807) is 6.92 Å². The van der Waals surface area contributed by atoms with Gasteiger partial charge in [0, 0.05) is 12.3 Å². The monoisotopic (exact) mass is 233 g/mol. The minimum absolute atomic E-state index is 0.102. The molecule has 6 heteroatoms. The zero-order chi connectivity index (χ0) is 11.6. The fourth-order valence-corrected chi connectivity index (χ4v) is 1.69. The summed E-state index contributed by atoms with van der Waals surface area (Å²) in [6.45, 7) is 1.56. The van der Waals surface area contributed by atoms with Crippen LogP contribution < -0.4 is 10.5 Å². The third kappa shape index (κ3) is 3.49. The van der Waals surface area contributed by atoms with Crippen LogP contribution in [0.3, 0.4) is 0 Å². The van der Waals surface area contributed by atoms with Crippen molar-refractivity contribution in [2.75, 3.05) is 6.26 Å². The number of sulfone groups is 1. The van der Waals surface area contributed by atoms with E-state index in [9.17, 15) is 12.8 Å². The second-order valence-electron chi connectivity index (χ2n) is 3.22. The van der Waals surface area contributed by atoms with Gasteiger partial charge in [0.15, 0.2) is 9.84 Å². The van der Waals surface area contributed by atoms with Crippen molar-refractivity contribution >= 4 is 9.84 Å². The smallest absolute Gasteiger partial charge is 0.175 e. The van der Waals surface area contributed by atoms with Gasteiger partial charge < -0.3 is 4.74 Å². The van der Waals surface area contributed by atoms with E-state index in [0.29, 0.717) is 0 Å². The van der Waals surface area contributed by atoms with Gasteiger partial charge in [0.1, 0.15) is 17.8 Å². The Balaban J connectivity index is 3.17. The van der Waals surface area contributed by atoms with Crippen LogP contribution in [0.4, 0.5) is 4.39 Å². The third-order valence-corrected chi connectivity index (χ3v) is 2.69. The molecule has 1 atom stereocenters. The highest BCUT2D eigenvalue weighted by Gasteiger charge is 2.11. The molecule has 2 N–H and O–H groups in total. The molecule has 4 nitrogen and oxygen atoms in total. The molecule has 0 fully saturated rings. The van der Waals surface area contributed by atoms with Gasteiger partial charge in [-0.25, -0.2) is 12.8 Å². The molecule has 0 amide bonds. The highest BCUT2D eigenvalue weighted by molar-refractivity contribution is 7.90. The molecule has 0 aliphatic heterocycles. The molecule has 0 bridgehead atoms. The molecule has 1 aromatic rings. The summed E-state index contributed by atoms with van der Waals surface area (Å²) in [5.74, 6) is -0.570. The maximum atomic E-state index is 13.0. The van der Waals surface area contributed by atoms with E-state index < -0.39 is 21.9 Å². The molecule has 1 aromatic carbocycles. The minimum atomic E-state index is -3.44. The highest BCUT2D eigenvalue weighted by atomic mass is 32.2. The van der Waals surface area contributed by atoms with Crippen LogP contribution in [0.15, 0.2) is 23.1 Å². The fourth-order valence-electron chi connectivity index (χ4n) is 1.03. The first-order valence-corrected chi connectivity index (χ1v) is 6.11. The van der Waals surface area contributed by atoms with Crippen LogP contribution >= 0.6 is 0 Å². The predicted molar refractivity (Wildman–Crippen MR) is 53.8 cm³/mol. The van der Waals surface area contributed by atoms with Crippen LogP contribution in [-0.4, -0.2) is 20.9 Å². The summed E-state index contributed by atoms with van der Waals surface area (Å²) in [6, 6.07) is 3.25. The summed E-state index contributed by atoms with van der Waals surface area (Å²) in [4.78, 5) is -0.127. The van der Waals surface area contributed by atoms with Gasteiger partial charge >= 0.3 is 0 Å². The standard InChI is InChI=1S/C9H12FNO3S/c1-6(11)14-8-3-7(10)4-9(5-8)15(2,12)13/h3-6H,11H2,1-2H3. The number of hydrogen-bond donors (Lipinski definition) is 1. The average Bonchev–Trinajstić information content (AvgIpc) is 1.99. The molecule has 84 valence electrons. The Kier molecular flexibility index (Phi) is 3.31. The first kappa shape index (κ1) is 11.9. The second-order valence-corrected chi connectivity index (χ2v) is 5.23. The Bertz CT molecular complexity index is 456. The van der Waals surface area contributed by atoms with Crippen molar-refractivity contribution in [2.24, 2.45) is 5.73 Å². The molecule has 1 unspecified atom stereocenters. The molecule has 0 heterocycles. The van der Waals surface area contributed by atoms with Crippen molar-refractivity contribution in [3.05, 3.63) is 24.0 Å². The van der Waals surface area contributed by atoms with E-state index >= 15 is 0 Å². The lowest BCUT2D eigenvalue weighted by atomic mass is 10.3. The van der Waals surface area contributed by atoms with Crippen molar-refractivity contribution < 1.29 is 17.5 Å². The van der Waals surface area contributed by atoms with Crippen LogP contribution in [0.1, 0.15) is 6.92 Å². The summed E-state index contributed by atoms with van der Waals surface area (Å²) >= 11 is 0. The largest absolute Gasteiger partial charge is 0.476 e. The van der Waals surface area contributed by atoms with E-state index in [-0.39, 0.29) is 10.6 Å². The Morgan fingerprint density at radius 3 is 2.47 bits per heavy atom. The van der Waals surface area contributed by atoms with Crippen LogP contribution in [0.25, 0.3) is 0 Å². The van der Waals surface area contributed by atoms with Crippen LogP contribution in [0.5, 0.6) is 5.75 Å². The van der Waals surface area contributed by atoms with Gasteiger partial charge in [0.2, 0.25) is 0 Å². The number of halogens is 1. The number of nitrogens with two attached hydrogens (primary N) is 1. The molecule has 0 saturated heterocycles. The number of ether oxygens (including phenoxy) is 1. The summed E-state index contributed by atoms with van der Waals surface area (Å²) < 4.78 is 40.4. The van der Waals surface area contributed by atoms with E-state index in [1.165, 1.54) is 6.07 Å². The molecule has 0 aromatic heterocycles. The SMILES string of the molecule is CC(N)Oc1cc(F)cc(S(C)(=O)=O)c1. The van der Waals surface area contributed by atoms with Gasteiger partial charge in [0.05, 0.1) is 4.90 Å². The second kappa shape index (κ2) is 4.16. The molecule has 0 aliphatic rings. The van der Waals surface area contributed by atoms with Crippen LogP contribution in [0, 0.1) is 5.82 Å². The van der Waals surface area contributed by atoms with Crippen molar-refractivity contribution in [1.82, 2.24) is 0 Å². The average molecular weight is 233 g/mol. The Hall–Kier alpha value is -1.14. The number of rotatable bonds is 3. The normalized spacial score (nSPS) is 13.6. The zero-order valence-electron chi connectivity index (χ0n) is 8.40. The lowest BCUT2D eigenvalue weighted by Crippen LogP contribution is -2.22. The van der Waals surface area contributed by atoms with Crippen LogP contribution in [0.2, 0.25) is 0 Å². The Labute approximate surface area is 87.8 Å². The lowest BCUT2D eigenvalue weighted by molar-refractivity contribution is 0.228. The van der Waals surface area contributed by atoms with Crippen molar-refractivity contribution in [3.63, 3.8) is 0 Å². The lowest BCUT2D eigenvalue weighted by Gasteiger charge is -2.10. The minimum Gasteiger partial charge on any atom is -0.476 e. The topological polar surface area (TPSA) is 69.4 Å². The molecule has 0 spiro atoms. The van der Waals surface area contributed by atoms with E-state index in [4.69, 9.17) is 10.5 Å². The quantitative estimate of drug-likeness (QED) is 0.788. The zero-order valence-corrected chi connectivity index (χ0v) is 9.21. The van der Waals surface area contributed by atoms with Crippen molar-refractivity contribution in [2.45, 2.75) is 18.0 Å². The maximum Gasteiger partial charge on any atom is 0.175 e. The molecule has 15 heavy (non-hydrogen) atoms. The van der Waals surface area contributed by atoms with Gasteiger partial charge in [-0.3, -0.25) is 5.73 Å². The Morgan fingerprint density at radius 2 is 2.00 bits per heavy atom. The van der Waals surface area contributed by atoms with Gasteiger partial charge in [-0.2, -0.15) is 0 Å². The molecule has 0 radical (unpaired) electrons.